The van der Waals surface area contributed by atoms with Crippen LogP contribution >= 0.6 is 11.6 Å². The first-order valence-electron chi connectivity index (χ1n) is 9.04. The summed E-state index contributed by atoms with van der Waals surface area (Å²) in [4.78, 5) is 26.4. The monoisotopic (exact) mass is 387 g/mol. The molecule has 2 aromatic carbocycles. The average molecular weight is 388 g/mol. The minimum atomic E-state index is -0.384. The number of aryl methyl sites for hydroxylation is 2. The number of hydrogen-bond acceptors (Lipinski definition) is 3. The number of benzene rings is 2. The second-order valence-corrected chi connectivity index (χ2v) is 7.25. The number of ether oxygens (including phenoxy) is 1. The van der Waals surface area contributed by atoms with Crippen molar-refractivity contribution in [2.45, 2.75) is 33.2 Å². The van der Waals surface area contributed by atoms with Gasteiger partial charge in [-0.25, -0.2) is 0 Å². The van der Waals surface area contributed by atoms with Crippen molar-refractivity contribution >= 4 is 23.5 Å². The van der Waals surface area contributed by atoms with Gasteiger partial charge in [-0.1, -0.05) is 60.5 Å². The number of methoxy groups -OCH3 is 1. The van der Waals surface area contributed by atoms with Crippen LogP contribution in [0.15, 0.2) is 48.5 Å². The Morgan fingerprint density at radius 2 is 1.63 bits per heavy atom. The molecule has 0 saturated heterocycles. The smallest absolute Gasteiger partial charge is 0.310 e. The van der Waals surface area contributed by atoms with Crippen molar-refractivity contribution in [3.8, 4) is 0 Å². The van der Waals surface area contributed by atoms with Gasteiger partial charge in [0.05, 0.1) is 13.0 Å². The van der Waals surface area contributed by atoms with Crippen molar-refractivity contribution in [2.24, 2.45) is 5.92 Å². The molecule has 0 aromatic heterocycles. The molecule has 0 N–H and O–H groups in total. The molecular formula is C22H26ClNO3. The van der Waals surface area contributed by atoms with Gasteiger partial charge in [-0.15, -0.1) is 0 Å². The van der Waals surface area contributed by atoms with Crippen LogP contribution in [0.4, 0.5) is 0 Å². The zero-order valence-electron chi connectivity index (χ0n) is 16.1. The van der Waals surface area contributed by atoms with E-state index in [0.29, 0.717) is 31.0 Å². The lowest BCUT2D eigenvalue weighted by molar-refractivity contribution is -0.146. The van der Waals surface area contributed by atoms with Crippen LogP contribution in [-0.2, 0) is 27.3 Å². The largest absolute Gasteiger partial charge is 0.469 e. The van der Waals surface area contributed by atoms with Crippen molar-refractivity contribution in [3.05, 3.63) is 70.2 Å². The lowest BCUT2D eigenvalue weighted by atomic mass is 10.1. The third-order valence-corrected chi connectivity index (χ3v) is 4.74. The Hall–Kier alpha value is -2.33. The summed E-state index contributed by atoms with van der Waals surface area (Å²) in [5, 5.41) is 0.652. The molecule has 0 fully saturated rings. The molecule has 1 atom stereocenters. The SMILES string of the molecule is COC(=O)C(C)CN(Cc1ccc(Cl)cc1)C(=O)CCc1ccc(C)cc1. The number of carbonyl (C=O) groups is 2. The van der Waals surface area contributed by atoms with Gasteiger partial charge in [0.25, 0.3) is 0 Å². The molecule has 0 radical (unpaired) electrons. The van der Waals surface area contributed by atoms with Crippen LogP contribution in [0.2, 0.25) is 5.02 Å². The molecule has 5 heteroatoms. The van der Waals surface area contributed by atoms with Crippen molar-refractivity contribution in [1.29, 1.82) is 0 Å². The van der Waals surface area contributed by atoms with Crippen LogP contribution in [0.25, 0.3) is 0 Å². The minimum Gasteiger partial charge on any atom is -0.469 e. The minimum absolute atomic E-state index is 0.0151. The average Bonchev–Trinajstić information content (AvgIpc) is 2.67. The van der Waals surface area contributed by atoms with E-state index in [0.717, 1.165) is 11.1 Å². The second-order valence-electron chi connectivity index (χ2n) is 6.81. The van der Waals surface area contributed by atoms with E-state index in [1.165, 1.54) is 12.7 Å². The molecule has 0 heterocycles. The first kappa shape index (κ1) is 21.0. The number of rotatable bonds is 8. The molecule has 1 amide bonds. The molecule has 0 bridgehead atoms. The Labute approximate surface area is 166 Å². The third kappa shape index (κ3) is 6.72. The molecule has 0 saturated carbocycles. The predicted octanol–water partition coefficient (Wildman–Crippen LogP) is 4.42. The number of nitrogens with zero attached hydrogens (tertiary/aromatic N) is 1. The highest BCUT2D eigenvalue weighted by molar-refractivity contribution is 6.30. The third-order valence-electron chi connectivity index (χ3n) is 4.49. The van der Waals surface area contributed by atoms with E-state index < -0.39 is 0 Å². The molecule has 2 rings (SSSR count). The van der Waals surface area contributed by atoms with Crippen LogP contribution in [0.3, 0.4) is 0 Å². The fourth-order valence-corrected chi connectivity index (χ4v) is 2.96. The highest BCUT2D eigenvalue weighted by atomic mass is 35.5. The number of amides is 1. The summed E-state index contributed by atoms with van der Waals surface area (Å²) in [6.07, 6.45) is 1.06. The van der Waals surface area contributed by atoms with Gasteiger partial charge in [0.1, 0.15) is 0 Å². The summed E-state index contributed by atoms with van der Waals surface area (Å²) in [5.41, 5.74) is 3.29. The lowest BCUT2D eigenvalue weighted by Gasteiger charge is -2.25. The second kappa shape index (κ2) is 10.1. The molecule has 0 spiro atoms. The summed E-state index contributed by atoms with van der Waals surface area (Å²) >= 11 is 5.94. The summed E-state index contributed by atoms with van der Waals surface area (Å²) in [6.45, 7) is 4.57. The maximum absolute atomic E-state index is 12.8. The number of esters is 1. The van der Waals surface area contributed by atoms with Gasteiger partial charge >= 0.3 is 5.97 Å². The molecule has 144 valence electrons. The summed E-state index contributed by atoms with van der Waals surface area (Å²) in [5.74, 6) is -0.686. The lowest BCUT2D eigenvalue weighted by Crippen LogP contribution is -2.37. The zero-order valence-corrected chi connectivity index (χ0v) is 16.8. The number of halogens is 1. The van der Waals surface area contributed by atoms with E-state index in [4.69, 9.17) is 16.3 Å². The standard InChI is InChI=1S/C22H26ClNO3/c1-16-4-6-18(7-5-16)10-13-21(25)24(14-17(2)22(26)27-3)15-19-8-11-20(23)12-9-19/h4-9,11-12,17H,10,13-15H2,1-3H3. The van der Waals surface area contributed by atoms with E-state index in [-0.39, 0.29) is 17.8 Å². The predicted molar refractivity (Wildman–Crippen MR) is 108 cm³/mol. The van der Waals surface area contributed by atoms with E-state index in [1.807, 2.05) is 43.3 Å². The van der Waals surface area contributed by atoms with Crippen molar-refractivity contribution in [1.82, 2.24) is 4.90 Å². The molecule has 27 heavy (non-hydrogen) atoms. The Bertz CT molecular complexity index is 756. The Kier molecular flexibility index (Phi) is 7.86. The van der Waals surface area contributed by atoms with E-state index in [1.54, 1.807) is 24.0 Å². The van der Waals surface area contributed by atoms with E-state index >= 15 is 0 Å². The van der Waals surface area contributed by atoms with Crippen molar-refractivity contribution in [2.75, 3.05) is 13.7 Å². The topological polar surface area (TPSA) is 46.6 Å². The zero-order chi connectivity index (χ0) is 19.8. The fourth-order valence-electron chi connectivity index (χ4n) is 2.84. The van der Waals surface area contributed by atoms with Gasteiger partial charge in [-0.05, 0) is 36.6 Å². The first-order valence-corrected chi connectivity index (χ1v) is 9.42. The maximum Gasteiger partial charge on any atom is 0.310 e. The van der Waals surface area contributed by atoms with Gasteiger partial charge in [-0.2, -0.15) is 0 Å². The van der Waals surface area contributed by atoms with Crippen LogP contribution in [-0.4, -0.2) is 30.4 Å². The van der Waals surface area contributed by atoms with Crippen molar-refractivity contribution in [3.63, 3.8) is 0 Å². The normalized spacial score (nSPS) is 11.7. The van der Waals surface area contributed by atoms with Crippen LogP contribution in [0.5, 0.6) is 0 Å². The van der Waals surface area contributed by atoms with Crippen LogP contribution < -0.4 is 0 Å². The highest BCUT2D eigenvalue weighted by Gasteiger charge is 2.21. The molecule has 0 aliphatic heterocycles. The first-order chi connectivity index (χ1) is 12.9. The Balaban J connectivity index is 2.06. The quantitative estimate of drug-likeness (QED) is 0.630. The Morgan fingerprint density at radius 1 is 1.04 bits per heavy atom. The molecule has 4 nitrogen and oxygen atoms in total. The van der Waals surface area contributed by atoms with E-state index in [2.05, 4.69) is 0 Å². The molecule has 0 aliphatic carbocycles. The Morgan fingerprint density at radius 3 is 2.22 bits per heavy atom. The molecule has 0 aliphatic rings. The number of carbonyl (C=O) groups excluding carboxylic acids is 2. The summed E-state index contributed by atoms with van der Waals surface area (Å²) in [6, 6.07) is 15.6. The fraction of sp³-hybridized carbons (Fsp3) is 0.364. The summed E-state index contributed by atoms with van der Waals surface area (Å²) < 4.78 is 4.80. The summed E-state index contributed by atoms with van der Waals surface area (Å²) in [7, 11) is 1.36. The molecule has 2 aromatic rings. The van der Waals surface area contributed by atoms with Gasteiger partial charge in [0, 0.05) is 24.5 Å². The molecular weight excluding hydrogens is 362 g/mol. The van der Waals surface area contributed by atoms with Crippen LogP contribution in [0, 0.1) is 12.8 Å². The van der Waals surface area contributed by atoms with Gasteiger partial charge in [0.15, 0.2) is 0 Å². The van der Waals surface area contributed by atoms with Gasteiger partial charge in [0.2, 0.25) is 5.91 Å². The highest BCUT2D eigenvalue weighted by Crippen LogP contribution is 2.15. The van der Waals surface area contributed by atoms with E-state index in [9.17, 15) is 9.59 Å². The maximum atomic E-state index is 12.8. The van der Waals surface area contributed by atoms with Crippen LogP contribution in [0.1, 0.15) is 30.0 Å². The van der Waals surface area contributed by atoms with Crippen molar-refractivity contribution < 1.29 is 14.3 Å². The number of hydrogen-bond donors (Lipinski definition) is 0. The van der Waals surface area contributed by atoms with Gasteiger partial charge in [-0.3, -0.25) is 9.59 Å². The van der Waals surface area contributed by atoms with Gasteiger partial charge < -0.3 is 9.64 Å². The molecule has 1 unspecified atom stereocenters.